The van der Waals surface area contributed by atoms with E-state index in [4.69, 9.17) is 28.9 Å². The van der Waals surface area contributed by atoms with E-state index in [2.05, 4.69) is 0 Å². The summed E-state index contributed by atoms with van der Waals surface area (Å²) in [5, 5.41) is 1.44. The van der Waals surface area contributed by atoms with Gasteiger partial charge in [0.05, 0.1) is 0 Å². The van der Waals surface area contributed by atoms with Gasteiger partial charge in [0, 0.05) is 16.1 Å². The van der Waals surface area contributed by atoms with Crippen LogP contribution in [0.3, 0.4) is 0 Å². The third-order valence-corrected chi connectivity index (χ3v) is 4.30. The Kier molecular flexibility index (Phi) is 4.72. The van der Waals surface area contributed by atoms with Crippen LogP contribution < -0.4 is 5.73 Å². The lowest BCUT2D eigenvalue weighted by Crippen LogP contribution is -2.12. The zero-order chi connectivity index (χ0) is 12.3. The molecule has 1 aromatic rings. The van der Waals surface area contributed by atoms with Crippen molar-refractivity contribution in [2.75, 3.05) is 0 Å². The molecule has 0 heterocycles. The number of rotatable bonds is 4. The average Bonchev–Trinajstić information content (AvgIpc) is 2.82. The van der Waals surface area contributed by atoms with E-state index in [1.807, 2.05) is 12.1 Å². The summed E-state index contributed by atoms with van der Waals surface area (Å²) in [6, 6.07) is 5.54. The number of hydrogen-bond acceptors (Lipinski definition) is 1. The van der Waals surface area contributed by atoms with Crippen molar-refractivity contribution in [2.45, 2.75) is 44.6 Å². The molecular formula is C14H19Cl2N. The zero-order valence-corrected chi connectivity index (χ0v) is 11.5. The summed E-state index contributed by atoms with van der Waals surface area (Å²) in [5.41, 5.74) is 7.18. The lowest BCUT2D eigenvalue weighted by molar-refractivity contribution is 0.454. The molecule has 1 aliphatic rings. The van der Waals surface area contributed by atoms with Crippen molar-refractivity contribution in [3.8, 4) is 0 Å². The molecule has 0 aromatic heterocycles. The zero-order valence-electron chi connectivity index (χ0n) is 9.96. The molecule has 0 spiro atoms. The second-order valence-electron chi connectivity index (χ2n) is 5.00. The Morgan fingerprint density at radius 2 is 1.94 bits per heavy atom. The Labute approximate surface area is 113 Å². The van der Waals surface area contributed by atoms with Crippen molar-refractivity contribution in [2.24, 2.45) is 11.7 Å². The summed E-state index contributed by atoms with van der Waals surface area (Å²) in [7, 11) is 0. The van der Waals surface area contributed by atoms with Gasteiger partial charge in [-0.1, -0.05) is 48.9 Å². The van der Waals surface area contributed by atoms with Crippen LogP contribution in [0.1, 0.15) is 50.1 Å². The molecule has 3 heteroatoms. The van der Waals surface area contributed by atoms with Crippen molar-refractivity contribution < 1.29 is 0 Å². The second kappa shape index (κ2) is 6.08. The first-order valence-corrected chi connectivity index (χ1v) is 7.13. The molecule has 1 aromatic carbocycles. The molecule has 0 radical (unpaired) electrons. The quantitative estimate of drug-likeness (QED) is 0.823. The molecule has 0 amide bonds. The molecular weight excluding hydrogens is 253 g/mol. The molecule has 1 saturated carbocycles. The summed E-state index contributed by atoms with van der Waals surface area (Å²) in [6.07, 6.45) is 7.73. The Balaban J connectivity index is 1.93. The first-order chi connectivity index (χ1) is 8.16. The molecule has 1 fully saturated rings. The van der Waals surface area contributed by atoms with Gasteiger partial charge in [-0.2, -0.15) is 0 Å². The van der Waals surface area contributed by atoms with Gasteiger partial charge in [-0.3, -0.25) is 0 Å². The fourth-order valence-electron chi connectivity index (χ4n) is 2.67. The van der Waals surface area contributed by atoms with E-state index in [0.29, 0.717) is 5.02 Å². The Morgan fingerprint density at radius 3 is 2.65 bits per heavy atom. The Hall–Kier alpha value is -0.240. The molecule has 17 heavy (non-hydrogen) atoms. The molecule has 0 bridgehead atoms. The van der Waals surface area contributed by atoms with E-state index in [1.165, 1.54) is 32.1 Å². The van der Waals surface area contributed by atoms with Gasteiger partial charge in [0.2, 0.25) is 0 Å². The topological polar surface area (TPSA) is 26.0 Å². The maximum atomic E-state index is 6.20. The van der Waals surface area contributed by atoms with Gasteiger partial charge >= 0.3 is 0 Å². The van der Waals surface area contributed by atoms with Crippen LogP contribution in [-0.4, -0.2) is 0 Å². The number of nitrogens with two attached hydrogens (primary N) is 1. The maximum Gasteiger partial charge on any atom is 0.0454 e. The third-order valence-electron chi connectivity index (χ3n) is 3.72. The summed E-state index contributed by atoms with van der Waals surface area (Å²) in [5.74, 6) is 0.874. The second-order valence-corrected chi connectivity index (χ2v) is 5.84. The fraction of sp³-hybridized carbons (Fsp3) is 0.571. The highest BCUT2D eigenvalue weighted by atomic mass is 35.5. The van der Waals surface area contributed by atoms with Crippen molar-refractivity contribution in [1.82, 2.24) is 0 Å². The van der Waals surface area contributed by atoms with E-state index in [9.17, 15) is 0 Å². The monoisotopic (exact) mass is 271 g/mol. The largest absolute Gasteiger partial charge is 0.324 e. The highest BCUT2D eigenvalue weighted by molar-refractivity contribution is 6.33. The minimum atomic E-state index is 0.0156. The van der Waals surface area contributed by atoms with Gasteiger partial charge in [0.25, 0.3) is 0 Å². The highest BCUT2D eigenvalue weighted by Crippen LogP contribution is 2.33. The van der Waals surface area contributed by atoms with Gasteiger partial charge in [-0.15, -0.1) is 0 Å². The first kappa shape index (κ1) is 13.2. The van der Waals surface area contributed by atoms with Crippen molar-refractivity contribution in [3.63, 3.8) is 0 Å². The van der Waals surface area contributed by atoms with Crippen LogP contribution in [0.5, 0.6) is 0 Å². The van der Waals surface area contributed by atoms with Crippen LogP contribution in [0.2, 0.25) is 10.0 Å². The van der Waals surface area contributed by atoms with Crippen molar-refractivity contribution in [1.29, 1.82) is 0 Å². The molecule has 2 N–H and O–H groups in total. The average molecular weight is 272 g/mol. The lowest BCUT2D eigenvalue weighted by atomic mass is 9.95. The van der Waals surface area contributed by atoms with Gasteiger partial charge in [0.15, 0.2) is 0 Å². The van der Waals surface area contributed by atoms with Crippen LogP contribution >= 0.6 is 23.2 Å². The summed E-state index contributed by atoms with van der Waals surface area (Å²) >= 11 is 12.1. The molecule has 1 nitrogen and oxygen atoms in total. The van der Waals surface area contributed by atoms with Gasteiger partial charge < -0.3 is 5.73 Å². The minimum Gasteiger partial charge on any atom is -0.324 e. The van der Waals surface area contributed by atoms with E-state index in [-0.39, 0.29) is 6.04 Å². The molecule has 1 aliphatic carbocycles. The summed E-state index contributed by atoms with van der Waals surface area (Å²) in [6.45, 7) is 0. The minimum absolute atomic E-state index is 0.0156. The van der Waals surface area contributed by atoms with E-state index in [0.717, 1.165) is 22.9 Å². The van der Waals surface area contributed by atoms with Gasteiger partial charge in [-0.25, -0.2) is 0 Å². The normalized spacial score (nSPS) is 18.5. The predicted octanol–water partition coefficient (Wildman–Crippen LogP) is 4.96. The van der Waals surface area contributed by atoms with Crippen LogP contribution in [0, 0.1) is 5.92 Å². The first-order valence-electron chi connectivity index (χ1n) is 6.37. The molecule has 1 atom stereocenters. The van der Waals surface area contributed by atoms with Crippen LogP contribution in [-0.2, 0) is 0 Å². The van der Waals surface area contributed by atoms with E-state index >= 15 is 0 Å². The number of benzene rings is 1. The van der Waals surface area contributed by atoms with Crippen LogP contribution in [0.4, 0.5) is 0 Å². The SMILES string of the molecule is NC(CCC1CCCC1)c1cc(Cl)ccc1Cl. The molecule has 2 rings (SSSR count). The Morgan fingerprint density at radius 1 is 1.24 bits per heavy atom. The molecule has 1 unspecified atom stereocenters. The third kappa shape index (κ3) is 3.61. The van der Waals surface area contributed by atoms with E-state index < -0.39 is 0 Å². The standard InChI is InChI=1S/C14H19Cl2N/c15-11-6-7-13(16)12(9-11)14(17)8-5-10-3-1-2-4-10/h6-7,9-10,14H,1-5,8,17H2. The highest BCUT2D eigenvalue weighted by Gasteiger charge is 2.17. The smallest absolute Gasteiger partial charge is 0.0454 e. The molecule has 94 valence electrons. The number of hydrogen-bond donors (Lipinski definition) is 1. The van der Waals surface area contributed by atoms with Crippen LogP contribution in [0.25, 0.3) is 0 Å². The van der Waals surface area contributed by atoms with E-state index in [1.54, 1.807) is 6.07 Å². The lowest BCUT2D eigenvalue weighted by Gasteiger charge is -2.16. The van der Waals surface area contributed by atoms with Crippen molar-refractivity contribution >= 4 is 23.2 Å². The summed E-state index contributed by atoms with van der Waals surface area (Å²) < 4.78 is 0. The fourth-order valence-corrected chi connectivity index (χ4v) is 3.11. The van der Waals surface area contributed by atoms with Gasteiger partial charge in [0.1, 0.15) is 0 Å². The maximum absolute atomic E-state index is 6.20. The summed E-state index contributed by atoms with van der Waals surface area (Å²) in [4.78, 5) is 0. The van der Waals surface area contributed by atoms with Gasteiger partial charge in [-0.05, 0) is 42.5 Å². The van der Waals surface area contributed by atoms with Crippen LogP contribution in [0.15, 0.2) is 18.2 Å². The predicted molar refractivity (Wildman–Crippen MR) is 74.6 cm³/mol. The molecule has 0 saturated heterocycles. The molecule has 0 aliphatic heterocycles. The Bertz CT molecular complexity index is 372. The van der Waals surface area contributed by atoms with Crippen molar-refractivity contribution in [3.05, 3.63) is 33.8 Å². The number of halogens is 2.